The van der Waals surface area contributed by atoms with Crippen LogP contribution in [0.4, 0.5) is 5.82 Å². The maximum atomic E-state index is 12.4. The maximum Gasteiger partial charge on any atom is 0.228 e. The third-order valence-corrected chi connectivity index (χ3v) is 4.11. The van der Waals surface area contributed by atoms with Crippen LogP contribution < -0.4 is 4.90 Å². The molecular formula is C17H24N6O. The molecule has 0 unspecified atom stereocenters. The van der Waals surface area contributed by atoms with E-state index in [1.807, 2.05) is 49.4 Å². The molecule has 1 aliphatic heterocycles. The lowest BCUT2D eigenvalue weighted by molar-refractivity contribution is -0.139. The first-order valence-corrected chi connectivity index (χ1v) is 8.23. The summed E-state index contributed by atoms with van der Waals surface area (Å²) in [5.74, 6) is 2.64. The Morgan fingerprint density at radius 1 is 1.08 bits per heavy atom. The van der Waals surface area contributed by atoms with Gasteiger partial charge < -0.3 is 9.80 Å². The van der Waals surface area contributed by atoms with Crippen molar-refractivity contribution in [1.82, 2.24) is 24.4 Å². The van der Waals surface area contributed by atoms with Crippen LogP contribution in [0, 0.1) is 12.3 Å². The average molecular weight is 328 g/mol. The molecule has 7 nitrogen and oxygen atoms in total. The van der Waals surface area contributed by atoms with Gasteiger partial charge in [-0.2, -0.15) is 0 Å². The van der Waals surface area contributed by atoms with E-state index >= 15 is 0 Å². The number of nitrogens with zero attached hydrogens (tertiary/aromatic N) is 6. The van der Waals surface area contributed by atoms with Crippen LogP contribution in [0.1, 0.15) is 26.6 Å². The fourth-order valence-electron chi connectivity index (χ4n) is 2.84. The standard InChI is InChI=1S/C17H24N6O/c1-13-19-14(11-15(20-13)23-6-5-18-12-23)21-7-9-22(10-8-21)16(24)17(2,3)4/h5-6,11-12H,7-10H2,1-4H3. The summed E-state index contributed by atoms with van der Waals surface area (Å²) >= 11 is 0. The monoisotopic (exact) mass is 328 g/mol. The van der Waals surface area contributed by atoms with E-state index in [1.54, 1.807) is 12.5 Å². The Kier molecular flexibility index (Phi) is 4.26. The van der Waals surface area contributed by atoms with Crippen molar-refractivity contribution in [3.8, 4) is 5.82 Å². The highest BCUT2D eigenvalue weighted by molar-refractivity contribution is 5.81. The summed E-state index contributed by atoms with van der Waals surface area (Å²) in [4.78, 5) is 29.7. The van der Waals surface area contributed by atoms with Gasteiger partial charge in [-0.15, -0.1) is 0 Å². The number of hydrogen-bond donors (Lipinski definition) is 0. The van der Waals surface area contributed by atoms with Crippen molar-refractivity contribution in [2.24, 2.45) is 5.41 Å². The second-order valence-corrected chi connectivity index (χ2v) is 7.13. The molecule has 1 saturated heterocycles. The predicted molar refractivity (Wildman–Crippen MR) is 92.1 cm³/mol. The van der Waals surface area contributed by atoms with E-state index in [9.17, 15) is 4.79 Å². The lowest BCUT2D eigenvalue weighted by atomic mass is 9.94. The number of amides is 1. The molecule has 1 amide bonds. The van der Waals surface area contributed by atoms with E-state index in [0.717, 1.165) is 43.6 Å². The third-order valence-electron chi connectivity index (χ3n) is 4.11. The predicted octanol–water partition coefficient (Wildman–Crippen LogP) is 1.67. The zero-order chi connectivity index (χ0) is 17.3. The van der Waals surface area contributed by atoms with E-state index in [2.05, 4.69) is 19.9 Å². The second-order valence-electron chi connectivity index (χ2n) is 7.13. The SMILES string of the molecule is Cc1nc(N2CCN(C(=O)C(C)(C)C)CC2)cc(-n2ccnc2)n1. The van der Waals surface area contributed by atoms with Gasteiger partial charge in [0, 0.05) is 50.1 Å². The van der Waals surface area contributed by atoms with Crippen molar-refractivity contribution >= 4 is 11.7 Å². The molecule has 1 fully saturated rings. The average Bonchev–Trinajstić information content (AvgIpc) is 3.07. The molecule has 1 aliphatic rings. The number of carbonyl (C=O) groups excluding carboxylic acids is 1. The van der Waals surface area contributed by atoms with E-state index < -0.39 is 0 Å². The first-order valence-electron chi connectivity index (χ1n) is 8.23. The topological polar surface area (TPSA) is 67.2 Å². The Balaban J connectivity index is 1.74. The molecule has 2 aromatic rings. The Morgan fingerprint density at radius 2 is 1.75 bits per heavy atom. The highest BCUT2D eigenvalue weighted by Gasteiger charge is 2.30. The minimum Gasteiger partial charge on any atom is -0.353 e. The number of imidazole rings is 1. The second kappa shape index (κ2) is 6.22. The normalized spacial score (nSPS) is 15.7. The van der Waals surface area contributed by atoms with Crippen LogP contribution in [0.5, 0.6) is 0 Å². The van der Waals surface area contributed by atoms with Crippen molar-refractivity contribution < 1.29 is 4.79 Å². The molecule has 0 radical (unpaired) electrons. The van der Waals surface area contributed by atoms with Crippen molar-refractivity contribution in [2.75, 3.05) is 31.1 Å². The summed E-state index contributed by atoms with van der Waals surface area (Å²) in [6, 6.07) is 1.97. The highest BCUT2D eigenvalue weighted by Crippen LogP contribution is 2.21. The van der Waals surface area contributed by atoms with Crippen LogP contribution >= 0.6 is 0 Å². The number of piperazine rings is 1. The molecule has 0 aliphatic carbocycles. The summed E-state index contributed by atoms with van der Waals surface area (Å²) in [6.45, 7) is 10.8. The fourth-order valence-corrected chi connectivity index (χ4v) is 2.84. The minimum atomic E-state index is -0.331. The molecular weight excluding hydrogens is 304 g/mol. The van der Waals surface area contributed by atoms with Crippen molar-refractivity contribution in [3.05, 3.63) is 30.6 Å². The zero-order valence-corrected chi connectivity index (χ0v) is 14.7. The van der Waals surface area contributed by atoms with E-state index in [4.69, 9.17) is 0 Å². The number of hydrogen-bond acceptors (Lipinski definition) is 5. The number of aromatic nitrogens is 4. The van der Waals surface area contributed by atoms with Crippen LogP contribution in [-0.2, 0) is 4.79 Å². The van der Waals surface area contributed by atoms with Gasteiger partial charge in [0.05, 0.1) is 0 Å². The number of anilines is 1. The Morgan fingerprint density at radius 3 is 2.33 bits per heavy atom. The van der Waals surface area contributed by atoms with Gasteiger partial charge in [-0.25, -0.2) is 15.0 Å². The first kappa shape index (κ1) is 16.4. The molecule has 0 bridgehead atoms. The molecule has 2 aromatic heterocycles. The van der Waals surface area contributed by atoms with Crippen molar-refractivity contribution in [2.45, 2.75) is 27.7 Å². The smallest absolute Gasteiger partial charge is 0.228 e. The maximum absolute atomic E-state index is 12.4. The summed E-state index contributed by atoms with van der Waals surface area (Å²) in [5.41, 5.74) is -0.331. The molecule has 3 rings (SSSR count). The lowest BCUT2D eigenvalue weighted by Crippen LogP contribution is -2.51. The largest absolute Gasteiger partial charge is 0.353 e. The Labute approximate surface area is 142 Å². The molecule has 0 atom stereocenters. The van der Waals surface area contributed by atoms with Gasteiger partial charge in [-0.3, -0.25) is 9.36 Å². The van der Waals surface area contributed by atoms with Crippen LogP contribution in [0.2, 0.25) is 0 Å². The number of rotatable bonds is 2. The highest BCUT2D eigenvalue weighted by atomic mass is 16.2. The van der Waals surface area contributed by atoms with Gasteiger partial charge in [0.2, 0.25) is 5.91 Å². The minimum absolute atomic E-state index is 0.208. The molecule has 7 heteroatoms. The van der Waals surface area contributed by atoms with Gasteiger partial charge in [-0.05, 0) is 6.92 Å². The van der Waals surface area contributed by atoms with Crippen LogP contribution in [0.3, 0.4) is 0 Å². The summed E-state index contributed by atoms with van der Waals surface area (Å²) in [5, 5.41) is 0. The van der Waals surface area contributed by atoms with Crippen LogP contribution in [-0.4, -0.2) is 56.5 Å². The number of aryl methyl sites for hydroxylation is 1. The summed E-state index contributed by atoms with van der Waals surface area (Å²) in [6.07, 6.45) is 5.32. The van der Waals surface area contributed by atoms with Crippen molar-refractivity contribution in [3.63, 3.8) is 0 Å². The van der Waals surface area contributed by atoms with E-state index in [0.29, 0.717) is 0 Å². The van der Waals surface area contributed by atoms with Gasteiger partial charge in [-0.1, -0.05) is 20.8 Å². The molecule has 0 aromatic carbocycles. The lowest BCUT2D eigenvalue weighted by Gasteiger charge is -2.38. The summed E-state index contributed by atoms with van der Waals surface area (Å²) < 4.78 is 1.87. The molecule has 0 saturated carbocycles. The first-order chi connectivity index (χ1) is 11.3. The fraction of sp³-hybridized carbons (Fsp3) is 0.529. The Bertz CT molecular complexity index is 711. The van der Waals surface area contributed by atoms with Crippen LogP contribution in [0.15, 0.2) is 24.8 Å². The summed E-state index contributed by atoms with van der Waals surface area (Å²) in [7, 11) is 0. The Hall–Kier alpha value is -2.44. The van der Waals surface area contributed by atoms with E-state index in [1.165, 1.54) is 0 Å². The van der Waals surface area contributed by atoms with Gasteiger partial charge in [0.25, 0.3) is 0 Å². The molecule has 0 spiro atoms. The quantitative estimate of drug-likeness (QED) is 0.839. The molecule has 0 N–H and O–H groups in total. The van der Waals surface area contributed by atoms with Crippen LogP contribution in [0.25, 0.3) is 5.82 Å². The zero-order valence-electron chi connectivity index (χ0n) is 14.7. The van der Waals surface area contributed by atoms with E-state index in [-0.39, 0.29) is 11.3 Å². The molecule has 24 heavy (non-hydrogen) atoms. The molecule has 3 heterocycles. The van der Waals surface area contributed by atoms with Gasteiger partial charge >= 0.3 is 0 Å². The molecule has 128 valence electrons. The number of carbonyl (C=O) groups is 1. The third kappa shape index (κ3) is 3.39. The van der Waals surface area contributed by atoms with Crippen molar-refractivity contribution in [1.29, 1.82) is 0 Å². The van der Waals surface area contributed by atoms with Gasteiger partial charge in [0.1, 0.15) is 23.8 Å². The van der Waals surface area contributed by atoms with Gasteiger partial charge in [0.15, 0.2) is 0 Å².